The number of hydrogen-bond acceptors (Lipinski definition) is 4. The summed E-state index contributed by atoms with van der Waals surface area (Å²) in [4.78, 5) is 4.13. The quantitative estimate of drug-likeness (QED) is 0.654. The number of phenols is 1. The van der Waals surface area contributed by atoms with Gasteiger partial charge in [-0.05, 0) is 18.2 Å². The molecule has 5 N–H and O–H groups in total. The fourth-order valence-electron chi connectivity index (χ4n) is 1.39. The standard InChI is InChI=1S/C11H11N3O/c12-8-5-10(13)11(14-6-8)7-2-1-3-9(15)4-7/h1-6,15H,12-13H2. The molecule has 0 aliphatic rings. The molecule has 2 aromatic rings. The van der Waals surface area contributed by atoms with Gasteiger partial charge in [0.05, 0.1) is 23.3 Å². The minimum Gasteiger partial charge on any atom is -0.508 e. The minimum absolute atomic E-state index is 0.186. The van der Waals surface area contributed by atoms with Gasteiger partial charge >= 0.3 is 0 Å². The molecule has 1 heterocycles. The molecular weight excluding hydrogens is 190 g/mol. The maximum absolute atomic E-state index is 9.33. The number of nitrogens with two attached hydrogens (primary N) is 2. The topological polar surface area (TPSA) is 85.2 Å². The first-order valence-electron chi connectivity index (χ1n) is 4.47. The van der Waals surface area contributed by atoms with Crippen LogP contribution in [-0.2, 0) is 0 Å². The van der Waals surface area contributed by atoms with Crippen LogP contribution in [0.25, 0.3) is 11.3 Å². The van der Waals surface area contributed by atoms with Crippen molar-refractivity contribution in [1.29, 1.82) is 0 Å². The second-order valence-corrected chi connectivity index (χ2v) is 3.26. The predicted molar refractivity (Wildman–Crippen MR) is 60.2 cm³/mol. The van der Waals surface area contributed by atoms with Crippen LogP contribution in [0.1, 0.15) is 0 Å². The lowest BCUT2D eigenvalue weighted by molar-refractivity contribution is 0.475. The molecule has 0 saturated carbocycles. The third kappa shape index (κ3) is 1.83. The van der Waals surface area contributed by atoms with Crippen molar-refractivity contribution in [2.45, 2.75) is 0 Å². The van der Waals surface area contributed by atoms with Gasteiger partial charge in [-0.2, -0.15) is 0 Å². The Balaban J connectivity index is 2.54. The third-order valence-corrected chi connectivity index (χ3v) is 2.06. The highest BCUT2D eigenvalue weighted by Gasteiger charge is 2.04. The first-order chi connectivity index (χ1) is 7.16. The van der Waals surface area contributed by atoms with Crippen LogP contribution in [0.2, 0.25) is 0 Å². The van der Waals surface area contributed by atoms with Crippen LogP contribution in [-0.4, -0.2) is 10.1 Å². The number of benzene rings is 1. The Morgan fingerprint density at radius 1 is 1.13 bits per heavy atom. The molecule has 0 radical (unpaired) electrons. The lowest BCUT2D eigenvalue weighted by Gasteiger charge is -2.05. The van der Waals surface area contributed by atoms with E-state index in [-0.39, 0.29) is 5.75 Å². The highest BCUT2D eigenvalue weighted by atomic mass is 16.3. The summed E-state index contributed by atoms with van der Waals surface area (Å²) in [7, 11) is 0. The zero-order valence-corrected chi connectivity index (χ0v) is 8.01. The van der Waals surface area contributed by atoms with Crippen LogP contribution in [0.5, 0.6) is 5.75 Å². The lowest BCUT2D eigenvalue weighted by atomic mass is 10.1. The lowest BCUT2D eigenvalue weighted by Crippen LogP contribution is -1.96. The van der Waals surface area contributed by atoms with E-state index in [9.17, 15) is 5.11 Å². The molecule has 0 atom stereocenters. The van der Waals surface area contributed by atoms with E-state index in [0.29, 0.717) is 17.1 Å². The molecule has 0 spiro atoms. The molecule has 1 aromatic carbocycles. The van der Waals surface area contributed by atoms with Gasteiger partial charge in [0.2, 0.25) is 0 Å². The molecule has 0 aliphatic carbocycles. The highest BCUT2D eigenvalue weighted by Crippen LogP contribution is 2.26. The van der Waals surface area contributed by atoms with Crippen molar-refractivity contribution in [2.24, 2.45) is 0 Å². The second kappa shape index (κ2) is 3.49. The smallest absolute Gasteiger partial charge is 0.116 e. The van der Waals surface area contributed by atoms with Gasteiger partial charge < -0.3 is 16.6 Å². The Bertz CT molecular complexity index is 497. The van der Waals surface area contributed by atoms with Crippen LogP contribution >= 0.6 is 0 Å². The highest BCUT2D eigenvalue weighted by molar-refractivity contribution is 5.75. The van der Waals surface area contributed by atoms with E-state index < -0.39 is 0 Å². The van der Waals surface area contributed by atoms with Gasteiger partial charge in [-0.25, -0.2) is 0 Å². The molecule has 0 aliphatic heterocycles. The molecule has 15 heavy (non-hydrogen) atoms. The van der Waals surface area contributed by atoms with Crippen LogP contribution in [0.15, 0.2) is 36.5 Å². The number of aromatic nitrogens is 1. The average Bonchev–Trinajstić information content (AvgIpc) is 2.17. The fourth-order valence-corrected chi connectivity index (χ4v) is 1.39. The Hall–Kier alpha value is -2.23. The van der Waals surface area contributed by atoms with Crippen molar-refractivity contribution in [3.8, 4) is 17.0 Å². The molecule has 1 aromatic heterocycles. The summed E-state index contributed by atoms with van der Waals surface area (Å²) in [6.45, 7) is 0. The Morgan fingerprint density at radius 3 is 2.60 bits per heavy atom. The van der Waals surface area contributed by atoms with E-state index in [2.05, 4.69) is 4.98 Å². The fraction of sp³-hybridized carbons (Fsp3) is 0. The van der Waals surface area contributed by atoms with Gasteiger partial charge in [0.25, 0.3) is 0 Å². The summed E-state index contributed by atoms with van der Waals surface area (Å²) in [6, 6.07) is 8.41. The number of nitrogen functional groups attached to an aromatic ring is 2. The van der Waals surface area contributed by atoms with Gasteiger partial charge in [0, 0.05) is 5.56 Å². The minimum atomic E-state index is 0.186. The largest absolute Gasteiger partial charge is 0.508 e. The zero-order valence-electron chi connectivity index (χ0n) is 8.01. The summed E-state index contributed by atoms with van der Waals surface area (Å²) < 4.78 is 0. The number of nitrogens with zero attached hydrogens (tertiary/aromatic N) is 1. The predicted octanol–water partition coefficient (Wildman–Crippen LogP) is 1.62. The molecule has 76 valence electrons. The van der Waals surface area contributed by atoms with Crippen LogP contribution in [0, 0.1) is 0 Å². The van der Waals surface area contributed by atoms with E-state index in [1.807, 2.05) is 6.07 Å². The normalized spacial score (nSPS) is 10.1. The third-order valence-electron chi connectivity index (χ3n) is 2.06. The van der Waals surface area contributed by atoms with Crippen LogP contribution in [0.4, 0.5) is 11.4 Å². The molecule has 2 rings (SSSR count). The summed E-state index contributed by atoms with van der Waals surface area (Å²) >= 11 is 0. The number of aromatic hydroxyl groups is 1. The molecule has 0 fully saturated rings. The average molecular weight is 201 g/mol. The molecule has 0 amide bonds. The van der Waals surface area contributed by atoms with Gasteiger partial charge in [-0.15, -0.1) is 0 Å². The summed E-state index contributed by atoms with van der Waals surface area (Å²) in [5.74, 6) is 0.186. The first kappa shape index (κ1) is 9.33. The Kier molecular flexibility index (Phi) is 2.17. The zero-order chi connectivity index (χ0) is 10.8. The van der Waals surface area contributed by atoms with E-state index in [1.165, 1.54) is 6.20 Å². The van der Waals surface area contributed by atoms with Crippen molar-refractivity contribution in [1.82, 2.24) is 4.98 Å². The molecule has 0 saturated heterocycles. The Labute approximate surface area is 87.2 Å². The number of anilines is 2. The maximum atomic E-state index is 9.33. The van der Waals surface area contributed by atoms with Gasteiger partial charge in [0.1, 0.15) is 5.75 Å². The van der Waals surface area contributed by atoms with E-state index >= 15 is 0 Å². The summed E-state index contributed by atoms with van der Waals surface area (Å²) in [5, 5.41) is 9.33. The molecule has 0 unspecified atom stereocenters. The molecule has 4 heteroatoms. The van der Waals surface area contributed by atoms with Crippen molar-refractivity contribution >= 4 is 11.4 Å². The van der Waals surface area contributed by atoms with Crippen molar-refractivity contribution < 1.29 is 5.11 Å². The monoisotopic (exact) mass is 201 g/mol. The number of rotatable bonds is 1. The summed E-state index contributed by atoms with van der Waals surface area (Å²) in [5.41, 5.74) is 13.7. The van der Waals surface area contributed by atoms with Crippen molar-refractivity contribution in [3.63, 3.8) is 0 Å². The first-order valence-corrected chi connectivity index (χ1v) is 4.47. The van der Waals surface area contributed by atoms with E-state index in [1.54, 1.807) is 24.3 Å². The SMILES string of the molecule is Nc1cnc(-c2cccc(O)c2)c(N)c1. The van der Waals surface area contributed by atoms with Crippen molar-refractivity contribution in [3.05, 3.63) is 36.5 Å². The number of hydrogen-bond donors (Lipinski definition) is 3. The summed E-state index contributed by atoms with van der Waals surface area (Å²) in [6.07, 6.45) is 1.54. The Morgan fingerprint density at radius 2 is 1.93 bits per heavy atom. The second-order valence-electron chi connectivity index (χ2n) is 3.26. The van der Waals surface area contributed by atoms with Gasteiger partial charge in [0.15, 0.2) is 0 Å². The van der Waals surface area contributed by atoms with Gasteiger partial charge in [-0.1, -0.05) is 12.1 Å². The van der Waals surface area contributed by atoms with Crippen LogP contribution in [0.3, 0.4) is 0 Å². The number of pyridine rings is 1. The molecule has 4 nitrogen and oxygen atoms in total. The van der Waals surface area contributed by atoms with Gasteiger partial charge in [-0.3, -0.25) is 4.98 Å². The van der Waals surface area contributed by atoms with E-state index in [0.717, 1.165) is 5.56 Å². The number of phenolic OH excluding ortho intramolecular Hbond substituents is 1. The maximum Gasteiger partial charge on any atom is 0.116 e. The molecule has 0 bridgehead atoms. The van der Waals surface area contributed by atoms with Crippen molar-refractivity contribution in [2.75, 3.05) is 11.5 Å². The molecular formula is C11H11N3O. The van der Waals surface area contributed by atoms with Crippen LogP contribution < -0.4 is 11.5 Å². The van der Waals surface area contributed by atoms with E-state index in [4.69, 9.17) is 11.5 Å².